The Labute approximate surface area is 134 Å². The lowest BCUT2D eigenvalue weighted by molar-refractivity contribution is 0.0797. The number of halogens is 1. The quantitative estimate of drug-likeness (QED) is 0.803. The van der Waals surface area contributed by atoms with Crippen LogP contribution in [-0.4, -0.2) is 34.4 Å². The monoisotopic (exact) mass is 311 g/mol. The van der Waals surface area contributed by atoms with Crippen LogP contribution < -0.4 is 0 Å². The average molecular weight is 311 g/mol. The van der Waals surface area contributed by atoms with Gasteiger partial charge in [0.05, 0.1) is 5.56 Å². The minimum Gasteiger partial charge on any atom is -0.358 e. The van der Waals surface area contributed by atoms with E-state index in [-0.39, 0.29) is 11.7 Å². The minimum atomic E-state index is -0.377. The van der Waals surface area contributed by atoms with Gasteiger partial charge in [-0.15, -0.1) is 0 Å². The van der Waals surface area contributed by atoms with Crippen LogP contribution in [0.15, 0.2) is 42.7 Å². The molecule has 0 spiro atoms. The summed E-state index contributed by atoms with van der Waals surface area (Å²) in [6.45, 7) is 2.35. The molecule has 3 rings (SSSR count). The van der Waals surface area contributed by atoms with Crippen molar-refractivity contribution in [3.8, 4) is 0 Å². The topological polar surface area (TPSA) is 49.0 Å². The number of aromatic nitrogens is 2. The molecule has 0 aliphatic heterocycles. The number of nitrogens with one attached hydrogen (secondary N) is 1. The molecule has 4 nitrogen and oxygen atoms in total. The first-order valence-corrected chi connectivity index (χ1v) is 7.49. The SMILES string of the molecule is Cc1[nH]c2cccc(F)c2c1C(=O)N(C)CCc1ccncc1. The van der Waals surface area contributed by atoms with E-state index in [1.807, 2.05) is 12.1 Å². The van der Waals surface area contributed by atoms with Crippen molar-refractivity contribution in [2.75, 3.05) is 13.6 Å². The van der Waals surface area contributed by atoms with Crippen molar-refractivity contribution < 1.29 is 9.18 Å². The molecule has 118 valence electrons. The molecule has 5 heteroatoms. The van der Waals surface area contributed by atoms with Crippen LogP contribution in [0.3, 0.4) is 0 Å². The van der Waals surface area contributed by atoms with Crippen LogP contribution in [0.4, 0.5) is 4.39 Å². The van der Waals surface area contributed by atoms with E-state index in [1.165, 1.54) is 6.07 Å². The predicted octanol–water partition coefficient (Wildman–Crippen LogP) is 3.33. The number of carbonyl (C=O) groups excluding carboxylic acids is 1. The van der Waals surface area contributed by atoms with Crippen LogP contribution >= 0.6 is 0 Å². The molecule has 2 heterocycles. The zero-order chi connectivity index (χ0) is 16.4. The molecule has 0 radical (unpaired) electrons. The molecule has 0 bridgehead atoms. The van der Waals surface area contributed by atoms with E-state index in [9.17, 15) is 9.18 Å². The van der Waals surface area contributed by atoms with E-state index < -0.39 is 0 Å². The molecule has 1 aromatic carbocycles. The van der Waals surface area contributed by atoms with Crippen molar-refractivity contribution in [3.05, 3.63) is 65.4 Å². The van der Waals surface area contributed by atoms with Gasteiger partial charge in [-0.2, -0.15) is 0 Å². The number of H-pyrrole nitrogens is 1. The van der Waals surface area contributed by atoms with Crippen LogP contribution in [0.25, 0.3) is 10.9 Å². The molecule has 0 saturated carbocycles. The van der Waals surface area contributed by atoms with Crippen molar-refractivity contribution in [1.29, 1.82) is 0 Å². The Balaban J connectivity index is 1.84. The summed E-state index contributed by atoms with van der Waals surface area (Å²) >= 11 is 0. The van der Waals surface area contributed by atoms with Crippen molar-refractivity contribution >= 4 is 16.8 Å². The second-order valence-electron chi connectivity index (χ2n) is 5.62. The maximum atomic E-state index is 14.1. The Morgan fingerprint density at radius 1 is 1.26 bits per heavy atom. The van der Waals surface area contributed by atoms with Gasteiger partial charge >= 0.3 is 0 Å². The number of likely N-dealkylation sites (N-methyl/N-ethyl adjacent to an activating group) is 1. The molecule has 0 fully saturated rings. The third kappa shape index (κ3) is 2.95. The zero-order valence-corrected chi connectivity index (χ0v) is 13.1. The van der Waals surface area contributed by atoms with Crippen molar-refractivity contribution in [2.45, 2.75) is 13.3 Å². The third-order valence-electron chi connectivity index (χ3n) is 4.01. The van der Waals surface area contributed by atoms with Gasteiger partial charge in [0.15, 0.2) is 0 Å². The van der Waals surface area contributed by atoms with E-state index in [1.54, 1.807) is 43.4 Å². The molecule has 0 aliphatic carbocycles. The Bertz CT molecular complexity index is 842. The number of amides is 1. The lowest BCUT2D eigenvalue weighted by atomic mass is 10.1. The van der Waals surface area contributed by atoms with E-state index in [0.29, 0.717) is 28.7 Å². The van der Waals surface area contributed by atoms with Gasteiger partial charge in [0.25, 0.3) is 5.91 Å². The Morgan fingerprint density at radius 3 is 2.74 bits per heavy atom. The first-order chi connectivity index (χ1) is 11.1. The third-order valence-corrected chi connectivity index (χ3v) is 4.01. The number of hydrogen-bond acceptors (Lipinski definition) is 2. The van der Waals surface area contributed by atoms with E-state index in [4.69, 9.17) is 0 Å². The summed E-state index contributed by atoms with van der Waals surface area (Å²) < 4.78 is 14.1. The molecule has 0 unspecified atom stereocenters. The smallest absolute Gasteiger partial charge is 0.256 e. The molecule has 3 aromatic rings. The fourth-order valence-electron chi connectivity index (χ4n) is 2.74. The minimum absolute atomic E-state index is 0.173. The maximum Gasteiger partial charge on any atom is 0.256 e. The van der Waals surface area contributed by atoms with Crippen LogP contribution in [0.5, 0.6) is 0 Å². The highest BCUT2D eigenvalue weighted by Gasteiger charge is 2.21. The number of aryl methyl sites for hydroxylation is 1. The van der Waals surface area contributed by atoms with Gasteiger partial charge in [-0.1, -0.05) is 6.07 Å². The number of fused-ring (bicyclic) bond motifs is 1. The number of nitrogens with zero attached hydrogens (tertiary/aromatic N) is 2. The van der Waals surface area contributed by atoms with Gasteiger partial charge in [0.1, 0.15) is 5.82 Å². The van der Waals surface area contributed by atoms with Gasteiger partial charge < -0.3 is 9.88 Å². The van der Waals surface area contributed by atoms with Crippen molar-refractivity contribution in [2.24, 2.45) is 0 Å². The highest BCUT2D eigenvalue weighted by molar-refractivity contribution is 6.08. The summed E-state index contributed by atoms with van der Waals surface area (Å²) in [6.07, 6.45) is 4.20. The lowest BCUT2D eigenvalue weighted by Crippen LogP contribution is -2.29. The summed E-state index contributed by atoms with van der Waals surface area (Å²) in [6, 6.07) is 8.64. The average Bonchev–Trinajstić information content (AvgIpc) is 2.90. The molecule has 0 atom stereocenters. The van der Waals surface area contributed by atoms with Gasteiger partial charge in [-0.25, -0.2) is 4.39 Å². The van der Waals surface area contributed by atoms with Crippen LogP contribution in [-0.2, 0) is 6.42 Å². The van der Waals surface area contributed by atoms with Gasteiger partial charge in [-0.3, -0.25) is 9.78 Å². The zero-order valence-electron chi connectivity index (χ0n) is 13.1. The first kappa shape index (κ1) is 15.2. The summed E-state index contributed by atoms with van der Waals surface area (Å²) in [5.41, 5.74) is 2.86. The number of benzene rings is 1. The van der Waals surface area contributed by atoms with E-state index >= 15 is 0 Å². The fourth-order valence-corrected chi connectivity index (χ4v) is 2.74. The lowest BCUT2D eigenvalue weighted by Gasteiger charge is -2.17. The molecule has 0 aliphatic rings. The van der Waals surface area contributed by atoms with Gasteiger partial charge in [0, 0.05) is 42.6 Å². The molecule has 1 amide bonds. The number of rotatable bonds is 4. The van der Waals surface area contributed by atoms with Crippen LogP contribution in [0.2, 0.25) is 0 Å². The normalized spacial score (nSPS) is 10.9. The summed E-state index contributed by atoms with van der Waals surface area (Å²) in [4.78, 5) is 21.4. The van der Waals surface area contributed by atoms with Crippen molar-refractivity contribution in [3.63, 3.8) is 0 Å². The van der Waals surface area contributed by atoms with E-state index in [2.05, 4.69) is 9.97 Å². The Hall–Kier alpha value is -2.69. The summed E-state index contributed by atoms with van der Waals surface area (Å²) in [5, 5.41) is 0.366. The second-order valence-corrected chi connectivity index (χ2v) is 5.62. The largest absolute Gasteiger partial charge is 0.358 e. The number of pyridine rings is 1. The highest BCUT2D eigenvalue weighted by atomic mass is 19.1. The first-order valence-electron chi connectivity index (χ1n) is 7.49. The molecular weight excluding hydrogens is 293 g/mol. The Kier molecular flexibility index (Phi) is 4.10. The van der Waals surface area contributed by atoms with E-state index in [0.717, 1.165) is 12.0 Å². The van der Waals surface area contributed by atoms with Gasteiger partial charge in [-0.05, 0) is 43.2 Å². The van der Waals surface area contributed by atoms with Gasteiger partial charge in [0.2, 0.25) is 0 Å². The molecule has 23 heavy (non-hydrogen) atoms. The molecule has 2 aromatic heterocycles. The van der Waals surface area contributed by atoms with Crippen LogP contribution in [0.1, 0.15) is 21.6 Å². The molecule has 0 saturated heterocycles. The Morgan fingerprint density at radius 2 is 2.00 bits per heavy atom. The summed E-state index contributed by atoms with van der Waals surface area (Å²) in [7, 11) is 1.74. The second kappa shape index (κ2) is 6.20. The predicted molar refractivity (Wildman–Crippen MR) is 87.9 cm³/mol. The maximum absolute atomic E-state index is 14.1. The number of carbonyl (C=O) groups is 1. The van der Waals surface area contributed by atoms with Crippen molar-refractivity contribution in [1.82, 2.24) is 14.9 Å². The fraction of sp³-hybridized carbons (Fsp3) is 0.222. The highest BCUT2D eigenvalue weighted by Crippen LogP contribution is 2.25. The number of aromatic amines is 1. The standard InChI is InChI=1S/C18H18FN3O/c1-12-16(17-14(19)4-3-5-15(17)21-12)18(23)22(2)11-8-13-6-9-20-10-7-13/h3-7,9-10,21H,8,11H2,1-2H3. The number of hydrogen-bond donors (Lipinski definition) is 1. The summed E-state index contributed by atoms with van der Waals surface area (Å²) in [5.74, 6) is -0.550. The van der Waals surface area contributed by atoms with Crippen LogP contribution in [0, 0.1) is 12.7 Å². The molecular formula is C18H18FN3O. The molecule has 1 N–H and O–H groups in total.